The van der Waals surface area contributed by atoms with Crippen molar-refractivity contribution in [3.05, 3.63) is 54.1 Å². The second-order valence-electron chi connectivity index (χ2n) is 8.92. The minimum absolute atomic E-state index is 0.00692. The van der Waals surface area contributed by atoms with Gasteiger partial charge in [0.2, 0.25) is 0 Å². The second kappa shape index (κ2) is 9.31. The van der Waals surface area contributed by atoms with Gasteiger partial charge in [-0.1, -0.05) is 29.5 Å². The lowest BCUT2D eigenvalue weighted by Gasteiger charge is -2.12. The number of ether oxygens (including phenoxy) is 1. The smallest absolute Gasteiger partial charge is 0.257 e. The number of aromatic nitrogens is 1. The van der Waals surface area contributed by atoms with E-state index < -0.39 is 34.0 Å². The molecule has 0 aliphatic heterocycles. The number of nitrogens with one attached hydrogen (secondary N) is 1. The van der Waals surface area contributed by atoms with Crippen molar-refractivity contribution in [2.45, 2.75) is 48.2 Å². The maximum absolute atomic E-state index is 13.8. The summed E-state index contributed by atoms with van der Waals surface area (Å²) in [5.41, 5.74) is 1.39. The van der Waals surface area contributed by atoms with Gasteiger partial charge in [0.05, 0.1) is 27.5 Å². The number of nitrogens with zero attached hydrogens (tertiary/aromatic N) is 1. The fourth-order valence-corrected chi connectivity index (χ4v) is 6.84. The van der Waals surface area contributed by atoms with Gasteiger partial charge in [-0.25, -0.2) is 22.2 Å². The lowest BCUT2D eigenvalue weighted by atomic mass is 9.98. The molecule has 35 heavy (non-hydrogen) atoms. The van der Waals surface area contributed by atoms with E-state index in [1.807, 2.05) is 6.07 Å². The first-order valence-electron chi connectivity index (χ1n) is 11.3. The number of allylic oxidation sites excluding steroid dienone is 1. The lowest BCUT2D eigenvalue weighted by Crippen LogP contribution is -2.15. The molecular weight excluding hydrogens is 494 g/mol. The molecular formula is C25H24F2N2O4S2. The molecule has 3 aromatic rings. The van der Waals surface area contributed by atoms with E-state index in [9.17, 15) is 22.0 Å². The highest BCUT2D eigenvalue weighted by Crippen LogP contribution is 2.36. The molecule has 2 aromatic carbocycles. The molecule has 1 N–H and O–H groups in total. The Morgan fingerprint density at radius 3 is 2.43 bits per heavy atom. The third kappa shape index (κ3) is 4.95. The van der Waals surface area contributed by atoms with Crippen molar-refractivity contribution in [2.24, 2.45) is 5.92 Å². The zero-order valence-electron chi connectivity index (χ0n) is 18.9. The van der Waals surface area contributed by atoms with E-state index in [1.165, 1.54) is 23.5 Å². The molecule has 0 spiro atoms. The number of fused-ring (bicyclic) bond motifs is 1. The topological polar surface area (TPSA) is 85.4 Å². The largest absolute Gasteiger partial charge is 0.497 e. The molecule has 3 atom stereocenters. The Morgan fingerprint density at radius 2 is 1.80 bits per heavy atom. The number of methoxy groups -OCH3 is 1. The molecule has 1 amide bonds. The molecule has 0 bridgehead atoms. The molecule has 2 saturated carbocycles. The highest BCUT2D eigenvalue weighted by atomic mass is 32.2. The van der Waals surface area contributed by atoms with Gasteiger partial charge >= 0.3 is 0 Å². The van der Waals surface area contributed by atoms with Crippen molar-refractivity contribution in [1.82, 2.24) is 4.98 Å². The standard InChI is InChI=1S/C25H24F2N2O4S2/c1-33-16-4-9-22-23(13-16)34-25(28-22)29-24(30)19(10-14-11-20(26)21(27)12-14)15-2-5-17(6-3-15)35(31,32)18-7-8-18/h2-6,9-10,13-14,18,20-21H,7-8,11-12H2,1H3,(H,28,29,30)/t14?,20-,21+. The van der Waals surface area contributed by atoms with Gasteiger partial charge in [-0.05, 0) is 67.5 Å². The number of carbonyl (C=O) groups excluding carboxylic acids is 1. The Kier molecular flexibility index (Phi) is 6.35. The van der Waals surface area contributed by atoms with Crippen LogP contribution in [0.25, 0.3) is 15.8 Å². The highest BCUT2D eigenvalue weighted by molar-refractivity contribution is 7.92. The van der Waals surface area contributed by atoms with Crippen LogP contribution in [0.2, 0.25) is 0 Å². The zero-order valence-corrected chi connectivity index (χ0v) is 20.5. The molecule has 184 valence electrons. The van der Waals surface area contributed by atoms with Crippen LogP contribution >= 0.6 is 11.3 Å². The van der Waals surface area contributed by atoms with Crippen molar-refractivity contribution < 1.29 is 26.7 Å². The first-order valence-corrected chi connectivity index (χ1v) is 13.7. The Bertz CT molecular complexity index is 1390. The van der Waals surface area contributed by atoms with Crippen molar-refractivity contribution in [1.29, 1.82) is 0 Å². The van der Waals surface area contributed by atoms with Crippen LogP contribution in [0.3, 0.4) is 0 Å². The van der Waals surface area contributed by atoms with Gasteiger partial charge in [0.15, 0.2) is 15.0 Å². The zero-order chi connectivity index (χ0) is 24.7. The van der Waals surface area contributed by atoms with Gasteiger partial charge in [0.25, 0.3) is 5.91 Å². The van der Waals surface area contributed by atoms with Crippen LogP contribution < -0.4 is 10.1 Å². The number of thiazole rings is 1. The predicted molar refractivity (Wildman–Crippen MR) is 132 cm³/mol. The number of halogens is 2. The first-order chi connectivity index (χ1) is 16.7. The van der Waals surface area contributed by atoms with Crippen molar-refractivity contribution in [3.8, 4) is 5.75 Å². The average molecular weight is 519 g/mol. The monoisotopic (exact) mass is 518 g/mol. The van der Waals surface area contributed by atoms with Crippen LogP contribution in [0.5, 0.6) is 5.75 Å². The molecule has 1 unspecified atom stereocenters. The van der Waals surface area contributed by atoms with Gasteiger partial charge in [-0.3, -0.25) is 10.1 Å². The molecule has 1 heterocycles. The number of amides is 1. The van der Waals surface area contributed by atoms with E-state index in [-0.39, 0.29) is 28.6 Å². The summed E-state index contributed by atoms with van der Waals surface area (Å²) in [4.78, 5) is 18.0. The van der Waals surface area contributed by atoms with Crippen molar-refractivity contribution in [3.63, 3.8) is 0 Å². The summed E-state index contributed by atoms with van der Waals surface area (Å²) in [6.45, 7) is 0. The summed E-state index contributed by atoms with van der Waals surface area (Å²) >= 11 is 1.28. The number of sulfone groups is 1. The minimum Gasteiger partial charge on any atom is -0.497 e. The lowest BCUT2D eigenvalue weighted by molar-refractivity contribution is -0.111. The Balaban J connectivity index is 1.45. The maximum atomic E-state index is 13.8. The number of carbonyl (C=O) groups is 1. The first kappa shape index (κ1) is 23.9. The van der Waals surface area contributed by atoms with Crippen LogP contribution in [-0.2, 0) is 14.6 Å². The molecule has 10 heteroatoms. The summed E-state index contributed by atoms with van der Waals surface area (Å²) in [7, 11) is -1.81. The van der Waals surface area contributed by atoms with Crippen LogP contribution in [0.4, 0.5) is 13.9 Å². The number of anilines is 1. The summed E-state index contributed by atoms with van der Waals surface area (Å²) in [5.74, 6) is -0.259. The summed E-state index contributed by atoms with van der Waals surface area (Å²) in [6.07, 6.45) is -0.246. The van der Waals surface area contributed by atoms with Crippen molar-refractivity contribution >= 4 is 48.0 Å². The van der Waals surface area contributed by atoms with E-state index in [4.69, 9.17) is 4.74 Å². The van der Waals surface area contributed by atoms with Gasteiger partial charge in [0.1, 0.15) is 18.1 Å². The van der Waals surface area contributed by atoms with Gasteiger partial charge in [-0.2, -0.15) is 0 Å². The van der Waals surface area contributed by atoms with Crippen LogP contribution in [0.1, 0.15) is 31.2 Å². The molecule has 2 aliphatic carbocycles. The molecule has 2 aliphatic rings. The fourth-order valence-electron chi connectivity index (χ4n) is 4.29. The van der Waals surface area contributed by atoms with Gasteiger partial charge in [-0.15, -0.1) is 0 Å². The number of benzene rings is 2. The molecule has 1 aromatic heterocycles. The third-order valence-corrected chi connectivity index (χ3v) is 9.58. The quantitative estimate of drug-likeness (QED) is 0.426. The van der Waals surface area contributed by atoms with E-state index in [1.54, 1.807) is 37.5 Å². The molecule has 0 radical (unpaired) electrons. The SMILES string of the molecule is COc1ccc2nc(NC(=O)C(=CC3C[C@@H](F)[C@@H](F)C3)c3ccc(S(=O)(=O)C4CC4)cc3)sc2c1. The number of hydrogen-bond donors (Lipinski definition) is 1. The molecule has 6 nitrogen and oxygen atoms in total. The second-order valence-corrected chi connectivity index (χ2v) is 12.2. The van der Waals surface area contributed by atoms with E-state index in [2.05, 4.69) is 10.3 Å². The Labute approximate surface area is 205 Å². The van der Waals surface area contributed by atoms with Crippen molar-refractivity contribution in [2.75, 3.05) is 12.4 Å². The highest BCUT2D eigenvalue weighted by Gasteiger charge is 2.37. The van der Waals surface area contributed by atoms with Gasteiger partial charge < -0.3 is 4.74 Å². The van der Waals surface area contributed by atoms with Crippen LogP contribution in [0.15, 0.2) is 53.4 Å². The fraction of sp³-hybridized carbons (Fsp3) is 0.360. The number of alkyl halides is 2. The number of hydrogen-bond acceptors (Lipinski definition) is 6. The summed E-state index contributed by atoms with van der Waals surface area (Å²) in [5, 5.41) is 2.82. The van der Waals surface area contributed by atoms with Crippen LogP contribution in [-0.4, -0.2) is 44.0 Å². The van der Waals surface area contributed by atoms with E-state index in [0.717, 1.165) is 4.70 Å². The van der Waals surface area contributed by atoms with E-state index >= 15 is 0 Å². The van der Waals surface area contributed by atoms with Gasteiger partial charge in [0, 0.05) is 5.57 Å². The molecule has 2 fully saturated rings. The Morgan fingerprint density at radius 1 is 1.11 bits per heavy atom. The van der Waals surface area contributed by atoms with E-state index in [0.29, 0.717) is 34.8 Å². The molecule has 0 saturated heterocycles. The Hall–Kier alpha value is -2.85. The third-order valence-electron chi connectivity index (χ3n) is 6.37. The maximum Gasteiger partial charge on any atom is 0.257 e. The molecule has 5 rings (SSSR count). The normalized spacial score (nSPS) is 22.9. The van der Waals surface area contributed by atoms with Crippen LogP contribution in [0, 0.1) is 5.92 Å². The number of rotatable bonds is 7. The summed E-state index contributed by atoms with van der Waals surface area (Å²) < 4.78 is 58.8. The predicted octanol–water partition coefficient (Wildman–Crippen LogP) is 5.35. The average Bonchev–Trinajstić information content (AvgIpc) is 3.56. The minimum atomic E-state index is -3.37. The summed E-state index contributed by atoms with van der Waals surface area (Å²) in [6, 6.07) is 11.5.